The molecule has 2 aromatic carbocycles. The Morgan fingerprint density at radius 2 is 1.88 bits per heavy atom. The molecule has 0 spiro atoms. The summed E-state index contributed by atoms with van der Waals surface area (Å²) in [5.74, 6) is 0.698. The number of benzene rings is 2. The van der Waals surface area contributed by atoms with E-state index in [9.17, 15) is 4.79 Å². The van der Waals surface area contributed by atoms with Crippen LogP contribution in [0.25, 0.3) is 6.08 Å². The van der Waals surface area contributed by atoms with E-state index in [1.807, 2.05) is 12.1 Å². The summed E-state index contributed by atoms with van der Waals surface area (Å²) >= 11 is 13.8. The molecule has 1 N–H and O–H groups in total. The highest BCUT2D eigenvalue weighted by molar-refractivity contribution is 8.26. The predicted molar refractivity (Wildman–Crippen MR) is 131 cm³/mol. The average molecular weight is 505 g/mol. The van der Waals surface area contributed by atoms with Crippen molar-refractivity contribution in [2.24, 2.45) is 10.1 Å². The van der Waals surface area contributed by atoms with Crippen LogP contribution in [0.3, 0.4) is 0 Å². The monoisotopic (exact) mass is 504 g/mol. The highest BCUT2D eigenvalue weighted by atomic mass is 35.5. The highest BCUT2D eigenvalue weighted by Crippen LogP contribution is 2.37. The molecule has 0 radical (unpaired) electrons. The molecule has 2 aliphatic heterocycles. The van der Waals surface area contributed by atoms with Crippen LogP contribution in [0.2, 0.25) is 10.0 Å². The molecule has 0 saturated heterocycles. The van der Waals surface area contributed by atoms with E-state index >= 15 is 0 Å². The molecule has 0 saturated carbocycles. The van der Waals surface area contributed by atoms with Gasteiger partial charge in [0.15, 0.2) is 17.3 Å². The summed E-state index contributed by atoms with van der Waals surface area (Å²) in [6.45, 7) is 2.23. The van der Waals surface area contributed by atoms with Crippen LogP contribution in [-0.2, 0) is 4.79 Å². The fourth-order valence-corrected chi connectivity index (χ4v) is 4.27. The fraction of sp³-hybridized carbons (Fsp3) is 0.182. The number of hydrogen-bond acceptors (Lipinski definition) is 7. The van der Waals surface area contributed by atoms with E-state index in [0.717, 1.165) is 0 Å². The van der Waals surface area contributed by atoms with Gasteiger partial charge in [0.2, 0.25) is 5.17 Å². The first-order valence-corrected chi connectivity index (χ1v) is 11.3. The van der Waals surface area contributed by atoms with Crippen molar-refractivity contribution in [1.82, 2.24) is 5.01 Å². The van der Waals surface area contributed by atoms with E-state index in [2.05, 4.69) is 10.1 Å². The van der Waals surface area contributed by atoms with Crippen molar-refractivity contribution in [2.45, 2.75) is 6.92 Å². The lowest BCUT2D eigenvalue weighted by molar-refractivity contribution is -0.114. The van der Waals surface area contributed by atoms with Crippen LogP contribution in [0.4, 0.5) is 0 Å². The number of hydrogen-bond donors (Lipinski definition) is 1. The zero-order valence-electron chi connectivity index (χ0n) is 17.6. The minimum Gasteiger partial charge on any atom is -0.493 e. The molecule has 170 valence electrons. The maximum atomic E-state index is 12.5. The van der Waals surface area contributed by atoms with Crippen molar-refractivity contribution >= 4 is 63.0 Å². The van der Waals surface area contributed by atoms with Gasteiger partial charge in [0, 0.05) is 0 Å². The molecule has 0 atom stereocenters. The first kappa shape index (κ1) is 23.2. The average Bonchev–Trinajstić information content (AvgIpc) is 3.16. The Morgan fingerprint density at radius 1 is 1.12 bits per heavy atom. The van der Waals surface area contributed by atoms with Gasteiger partial charge in [0.25, 0.3) is 5.91 Å². The zero-order valence-corrected chi connectivity index (χ0v) is 19.9. The summed E-state index contributed by atoms with van der Waals surface area (Å²) in [6.07, 6.45) is 1.53. The third-order valence-electron chi connectivity index (χ3n) is 4.54. The van der Waals surface area contributed by atoms with Gasteiger partial charge in [-0.3, -0.25) is 10.2 Å². The summed E-state index contributed by atoms with van der Waals surface area (Å²) in [5, 5.41) is 15.8. The maximum Gasteiger partial charge on any atom is 0.283 e. The van der Waals surface area contributed by atoms with Gasteiger partial charge in [-0.2, -0.15) is 15.1 Å². The van der Waals surface area contributed by atoms with Crippen molar-refractivity contribution in [3.63, 3.8) is 0 Å². The van der Waals surface area contributed by atoms with Gasteiger partial charge < -0.3 is 14.2 Å². The second-order valence-corrected chi connectivity index (χ2v) is 8.77. The van der Waals surface area contributed by atoms with Crippen LogP contribution in [-0.4, -0.2) is 47.3 Å². The quantitative estimate of drug-likeness (QED) is 0.416. The molecule has 0 fully saturated rings. The molecule has 4 rings (SSSR count). The van der Waals surface area contributed by atoms with Crippen molar-refractivity contribution in [3.8, 4) is 17.2 Å². The van der Waals surface area contributed by atoms with Gasteiger partial charge in [-0.15, -0.1) is 0 Å². The summed E-state index contributed by atoms with van der Waals surface area (Å²) < 4.78 is 16.8. The lowest BCUT2D eigenvalue weighted by Gasteiger charge is -2.20. The van der Waals surface area contributed by atoms with Crippen LogP contribution in [0, 0.1) is 5.41 Å². The number of nitrogens with zero attached hydrogens (tertiary/aromatic N) is 3. The SMILES string of the molecule is COc1cc(/C=C2\C(=N)N3N=C(C)SC3=NC2=O)cc(Cl)c1OCCOc1ccccc1Cl. The molecule has 0 aromatic heterocycles. The molecule has 0 unspecified atom stereocenters. The molecule has 11 heteroatoms. The number of halogens is 2. The van der Waals surface area contributed by atoms with Crippen molar-refractivity contribution in [1.29, 1.82) is 5.41 Å². The van der Waals surface area contributed by atoms with Crippen LogP contribution in [0.1, 0.15) is 12.5 Å². The smallest absolute Gasteiger partial charge is 0.283 e. The molecule has 0 bridgehead atoms. The van der Waals surface area contributed by atoms with Crippen LogP contribution in [0.5, 0.6) is 17.2 Å². The van der Waals surface area contributed by atoms with Gasteiger partial charge >= 0.3 is 0 Å². The Kier molecular flexibility index (Phi) is 6.92. The van der Waals surface area contributed by atoms with Gasteiger partial charge in [-0.1, -0.05) is 35.3 Å². The fourth-order valence-electron chi connectivity index (χ4n) is 3.07. The first-order valence-electron chi connectivity index (χ1n) is 9.72. The van der Waals surface area contributed by atoms with E-state index in [1.165, 1.54) is 30.0 Å². The van der Waals surface area contributed by atoms with Crippen LogP contribution in [0.15, 0.2) is 52.1 Å². The Morgan fingerprint density at radius 3 is 2.64 bits per heavy atom. The number of thioether (sulfide) groups is 1. The third-order valence-corrected chi connectivity index (χ3v) is 5.96. The van der Waals surface area contributed by atoms with Gasteiger partial charge in [0.05, 0.1) is 27.8 Å². The van der Waals surface area contributed by atoms with E-state index in [1.54, 1.807) is 31.2 Å². The Hall–Kier alpha value is -3.01. The number of fused-ring (bicyclic) bond motifs is 1. The molecular weight excluding hydrogens is 487 g/mol. The third kappa shape index (κ3) is 5.00. The normalized spacial score (nSPS) is 16.5. The minimum absolute atomic E-state index is 0.0542. The lowest BCUT2D eigenvalue weighted by atomic mass is 10.1. The molecule has 1 amide bonds. The lowest BCUT2D eigenvalue weighted by Crippen LogP contribution is -2.35. The summed E-state index contributed by atoms with van der Waals surface area (Å²) in [4.78, 5) is 16.5. The molecule has 8 nitrogen and oxygen atoms in total. The van der Waals surface area contributed by atoms with Gasteiger partial charge in [0.1, 0.15) is 19.0 Å². The molecule has 2 aliphatic rings. The number of aliphatic imine (C=N–C) groups is 1. The van der Waals surface area contributed by atoms with Crippen molar-refractivity contribution in [2.75, 3.05) is 20.3 Å². The number of rotatable bonds is 7. The number of methoxy groups -OCH3 is 1. The number of hydrazone groups is 1. The van der Waals surface area contributed by atoms with E-state index in [0.29, 0.717) is 38.0 Å². The Balaban J connectivity index is 1.50. The standard InChI is InChI=1S/C22H18Cl2N4O4S/c1-12-27-28-20(25)14(21(29)26-22(28)33-12)9-13-10-16(24)19(18(11-13)30-2)32-8-7-31-17-6-4-3-5-15(17)23/h3-6,9-11,25H,7-8H2,1-2H3/b14-9+,25-20?. The maximum absolute atomic E-state index is 12.5. The number of amidine groups is 2. The molecular formula is C22H18Cl2N4O4S. The molecule has 0 aliphatic carbocycles. The highest BCUT2D eigenvalue weighted by Gasteiger charge is 2.34. The number of carbonyl (C=O) groups is 1. The topological polar surface area (TPSA) is 96.6 Å². The van der Waals surface area contributed by atoms with Crippen LogP contribution >= 0.6 is 35.0 Å². The Bertz CT molecular complexity index is 1230. The van der Waals surface area contributed by atoms with Crippen molar-refractivity contribution < 1.29 is 19.0 Å². The van der Waals surface area contributed by atoms with Gasteiger partial charge in [-0.05, 0) is 54.6 Å². The summed E-state index contributed by atoms with van der Waals surface area (Å²) in [5.41, 5.74) is 0.647. The molecule has 33 heavy (non-hydrogen) atoms. The number of nitrogens with one attached hydrogen (secondary N) is 1. The first-order chi connectivity index (χ1) is 15.9. The largest absolute Gasteiger partial charge is 0.493 e. The number of amides is 1. The second-order valence-electron chi connectivity index (χ2n) is 6.80. The predicted octanol–water partition coefficient (Wildman–Crippen LogP) is 5.10. The number of para-hydroxylation sites is 1. The Labute approximate surface area is 204 Å². The second kappa shape index (κ2) is 9.86. The van der Waals surface area contributed by atoms with E-state index < -0.39 is 5.91 Å². The zero-order chi connectivity index (χ0) is 23.5. The van der Waals surface area contributed by atoms with E-state index in [-0.39, 0.29) is 29.6 Å². The van der Waals surface area contributed by atoms with Crippen molar-refractivity contribution in [3.05, 3.63) is 57.6 Å². The van der Waals surface area contributed by atoms with E-state index in [4.69, 9.17) is 42.8 Å². The summed E-state index contributed by atoms with van der Waals surface area (Å²) in [6, 6.07) is 10.4. The summed E-state index contributed by atoms with van der Waals surface area (Å²) in [7, 11) is 1.49. The number of carbonyl (C=O) groups excluding carboxylic acids is 1. The van der Waals surface area contributed by atoms with Crippen LogP contribution < -0.4 is 14.2 Å². The van der Waals surface area contributed by atoms with Gasteiger partial charge in [-0.25, -0.2) is 0 Å². The molecule has 2 heterocycles. The number of ether oxygens (including phenoxy) is 3. The molecule has 2 aromatic rings. The minimum atomic E-state index is -0.518.